The summed E-state index contributed by atoms with van der Waals surface area (Å²) in [6, 6.07) is 0.908. The molecular weight excluding hydrogens is 249 g/mol. The minimum Gasteiger partial charge on any atom is -0.476 e. The van der Waals surface area contributed by atoms with E-state index in [4.69, 9.17) is 10.5 Å². The number of nitrogens with two attached hydrogens (primary N) is 1. The van der Waals surface area contributed by atoms with E-state index in [-0.39, 0.29) is 11.4 Å². The van der Waals surface area contributed by atoms with Gasteiger partial charge in [0.2, 0.25) is 5.88 Å². The SMILES string of the molecule is NCCCOc1nccn2nc(C(F)(F)F)cc12. The van der Waals surface area contributed by atoms with Gasteiger partial charge in [-0.25, -0.2) is 9.50 Å². The quantitative estimate of drug-likeness (QED) is 0.845. The van der Waals surface area contributed by atoms with Gasteiger partial charge in [-0.15, -0.1) is 0 Å². The Kier molecular flexibility index (Phi) is 3.37. The van der Waals surface area contributed by atoms with Gasteiger partial charge in [-0.3, -0.25) is 0 Å². The summed E-state index contributed by atoms with van der Waals surface area (Å²) in [5.41, 5.74) is 4.51. The van der Waals surface area contributed by atoms with E-state index >= 15 is 0 Å². The molecule has 0 spiro atoms. The van der Waals surface area contributed by atoms with E-state index < -0.39 is 11.9 Å². The zero-order chi connectivity index (χ0) is 13.2. The van der Waals surface area contributed by atoms with E-state index in [0.717, 1.165) is 10.6 Å². The van der Waals surface area contributed by atoms with Crippen molar-refractivity contribution in [3.8, 4) is 5.88 Å². The highest BCUT2D eigenvalue weighted by Gasteiger charge is 2.34. The number of fused-ring (bicyclic) bond motifs is 1. The molecule has 2 N–H and O–H groups in total. The first kappa shape index (κ1) is 12.6. The zero-order valence-electron chi connectivity index (χ0n) is 9.31. The number of hydrogen-bond acceptors (Lipinski definition) is 4. The molecule has 0 fully saturated rings. The fourth-order valence-electron chi connectivity index (χ4n) is 1.40. The Labute approximate surface area is 100 Å². The standard InChI is InChI=1S/C10H11F3N4O/c11-10(12,13)8-6-7-9(18-5-1-2-14)15-3-4-17(7)16-8/h3-4,6H,1-2,5,14H2. The normalized spacial score (nSPS) is 12.0. The van der Waals surface area contributed by atoms with Crippen molar-refractivity contribution in [3.63, 3.8) is 0 Å². The molecule has 5 nitrogen and oxygen atoms in total. The van der Waals surface area contributed by atoms with Crippen molar-refractivity contribution in [1.29, 1.82) is 0 Å². The maximum Gasteiger partial charge on any atom is 0.435 e. The Balaban J connectivity index is 2.33. The molecule has 0 bridgehead atoms. The topological polar surface area (TPSA) is 65.4 Å². The van der Waals surface area contributed by atoms with Gasteiger partial charge >= 0.3 is 6.18 Å². The fourth-order valence-corrected chi connectivity index (χ4v) is 1.40. The van der Waals surface area contributed by atoms with Crippen molar-refractivity contribution in [3.05, 3.63) is 24.2 Å². The summed E-state index contributed by atoms with van der Waals surface area (Å²) in [5, 5.41) is 3.42. The van der Waals surface area contributed by atoms with Crippen molar-refractivity contribution >= 4 is 5.52 Å². The van der Waals surface area contributed by atoms with Crippen molar-refractivity contribution < 1.29 is 17.9 Å². The van der Waals surface area contributed by atoms with Crippen LogP contribution < -0.4 is 10.5 Å². The minimum absolute atomic E-state index is 0.119. The summed E-state index contributed by atoms with van der Waals surface area (Å²) in [7, 11) is 0. The maximum absolute atomic E-state index is 12.5. The molecule has 0 amide bonds. The summed E-state index contributed by atoms with van der Waals surface area (Å²) in [5.74, 6) is 0.119. The van der Waals surface area contributed by atoms with Crippen LogP contribution in [0.1, 0.15) is 12.1 Å². The molecule has 8 heteroatoms. The molecule has 2 aromatic heterocycles. The van der Waals surface area contributed by atoms with Crippen molar-refractivity contribution in [2.45, 2.75) is 12.6 Å². The van der Waals surface area contributed by atoms with Crippen LogP contribution in [0.3, 0.4) is 0 Å². The predicted molar refractivity (Wildman–Crippen MR) is 57.2 cm³/mol. The zero-order valence-corrected chi connectivity index (χ0v) is 9.31. The first-order valence-corrected chi connectivity index (χ1v) is 5.27. The van der Waals surface area contributed by atoms with Gasteiger partial charge in [0.05, 0.1) is 6.61 Å². The molecule has 2 rings (SSSR count). The number of alkyl halides is 3. The second-order valence-electron chi connectivity index (χ2n) is 3.58. The fraction of sp³-hybridized carbons (Fsp3) is 0.400. The summed E-state index contributed by atoms with van der Waals surface area (Å²) in [4.78, 5) is 3.88. The Morgan fingerprint density at radius 1 is 1.39 bits per heavy atom. The van der Waals surface area contributed by atoms with Crippen LogP contribution in [0.5, 0.6) is 5.88 Å². The van der Waals surface area contributed by atoms with Crippen molar-refractivity contribution in [2.75, 3.05) is 13.2 Å². The number of aromatic nitrogens is 3. The molecule has 0 saturated carbocycles. The highest BCUT2D eigenvalue weighted by atomic mass is 19.4. The third kappa shape index (κ3) is 2.53. The first-order valence-electron chi connectivity index (χ1n) is 5.27. The average Bonchev–Trinajstić information content (AvgIpc) is 2.73. The van der Waals surface area contributed by atoms with Crippen LogP contribution in [0.4, 0.5) is 13.2 Å². The van der Waals surface area contributed by atoms with Crippen LogP contribution in [0, 0.1) is 0 Å². The summed E-state index contributed by atoms with van der Waals surface area (Å²) < 4.78 is 43.9. The number of hydrogen-bond donors (Lipinski definition) is 1. The van der Waals surface area contributed by atoms with E-state index in [9.17, 15) is 13.2 Å². The number of halogens is 3. The molecule has 2 heterocycles. The molecule has 0 aromatic carbocycles. The number of nitrogens with zero attached hydrogens (tertiary/aromatic N) is 3. The Hall–Kier alpha value is -1.83. The lowest BCUT2D eigenvalue weighted by Crippen LogP contribution is -2.07. The smallest absolute Gasteiger partial charge is 0.435 e. The van der Waals surface area contributed by atoms with Gasteiger partial charge in [-0.05, 0) is 13.0 Å². The molecule has 18 heavy (non-hydrogen) atoms. The van der Waals surface area contributed by atoms with Crippen molar-refractivity contribution in [2.24, 2.45) is 5.73 Å². The van der Waals surface area contributed by atoms with Crippen LogP contribution in [-0.4, -0.2) is 27.7 Å². The Morgan fingerprint density at radius 2 is 2.17 bits per heavy atom. The Bertz CT molecular complexity index is 537. The van der Waals surface area contributed by atoms with Crippen LogP contribution >= 0.6 is 0 Å². The second kappa shape index (κ2) is 4.81. The first-order chi connectivity index (χ1) is 8.52. The summed E-state index contributed by atoms with van der Waals surface area (Å²) >= 11 is 0. The third-order valence-corrected chi connectivity index (χ3v) is 2.23. The highest BCUT2D eigenvalue weighted by molar-refractivity contribution is 5.56. The molecule has 98 valence electrons. The Morgan fingerprint density at radius 3 is 2.83 bits per heavy atom. The molecule has 0 aliphatic heterocycles. The lowest BCUT2D eigenvalue weighted by atomic mass is 10.4. The molecule has 0 saturated heterocycles. The molecule has 0 atom stereocenters. The van der Waals surface area contributed by atoms with E-state index in [1.165, 1.54) is 12.4 Å². The van der Waals surface area contributed by atoms with Gasteiger partial charge in [-0.2, -0.15) is 18.3 Å². The van der Waals surface area contributed by atoms with Gasteiger partial charge in [0.15, 0.2) is 5.69 Å². The maximum atomic E-state index is 12.5. The van der Waals surface area contributed by atoms with Crippen molar-refractivity contribution in [1.82, 2.24) is 14.6 Å². The number of ether oxygens (including phenoxy) is 1. The van der Waals surface area contributed by atoms with E-state index in [1.54, 1.807) is 0 Å². The lowest BCUT2D eigenvalue weighted by molar-refractivity contribution is -0.141. The average molecular weight is 260 g/mol. The van der Waals surface area contributed by atoms with Gasteiger partial charge in [0.25, 0.3) is 0 Å². The predicted octanol–water partition coefficient (Wildman–Crippen LogP) is 1.48. The van der Waals surface area contributed by atoms with Crippen LogP contribution in [0.2, 0.25) is 0 Å². The number of rotatable bonds is 4. The second-order valence-corrected chi connectivity index (χ2v) is 3.58. The highest BCUT2D eigenvalue weighted by Crippen LogP contribution is 2.30. The van der Waals surface area contributed by atoms with Crippen LogP contribution in [-0.2, 0) is 6.18 Å². The molecule has 0 radical (unpaired) electrons. The molecule has 0 aliphatic carbocycles. The van der Waals surface area contributed by atoms with E-state index in [2.05, 4.69) is 10.1 Å². The summed E-state index contributed by atoms with van der Waals surface area (Å²) in [6.45, 7) is 0.742. The monoisotopic (exact) mass is 260 g/mol. The molecular formula is C10H11F3N4O. The van der Waals surface area contributed by atoms with Gasteiger partial charge in [0.1, 0.15) is 5.52 Å². The van der Waals surface area contributed by atoms with Crippen LogP contribution in [0.25, 0.3) is 5.52 Å². The van der Waals surface area contributed by atoms with E-state index in [1.807, 2.05) is 0 Å². The van der Waals surface area contributed by atoms with Gasteiger partial charge in [-0.1, -0.05) is 0 Å². The minimum atomic E-state index is -4.49. The van der Waals surface area contributed by atoms with Gasteiger partial charge < -0.3 is 10.5 Å². The summed E-state index contributed by atoms with van der Waals surface area (Å²) in [6.07, 6.45) is -1.22. The van der Waals surface area contributed by atoms with Crippen LogP contribution in [0.15, 0.2) is 18.5 Å². The molecule has 0 unspecified atom stereocenters. The van der Waals surface area contributed by atoms with Gasteiger partial charge in [0, 0.05) is 18.5 Å². The molecule has 2 aromatic rings. The van der Waals surface area contributed by atoms with E-state index in [0.29, 0.717) is 19.6 Å². The molecule has 0 aliphatic rings. The lowest BCUT2D eigenvalue weighted by Gasteiger charge is -2.04. The third-order valence-electron chi connectivity index (χ3n) is 2.23. The largest absolute Gasteiger partial charge is 0.476 e.